The van der Waals surface area contributed by atoms with Crippen LogP contribution in [0.25, 0.3) is 16.9 Å². The molecule has 5 aromatic rings. The first kappa shape index (κ1) is 26.2. The second-order valence-electron chi connectivity index (χ2n) is 8.71. The standard InChI is InChI=1S/C26H22F2N8O4/c1-34(2)25(38)15-9-17(12-29-11-15)39-16-5-6-21(40-26(27)28)18(10-16)22-20(14-35(3)33-22)32-24(37)19-13-31-36-8-4-7-30-23(19)36/h4-14,26H,1-3H3,(H,32,37). The van der Waals surface area contributed by atoms with Crippen LogP contribution in [0.4, 0.5) is 14.5 Å². The van der Waals surface area contributed by atoms with Crippen LogP contribution in [0.5, 0.6) is 17.2 Å². The summed E-state index contributed by atoms with van der Waals surface area (Å²) in [6.07, 6.45) is 8.89. The van der Waals surface area contributed by atoms with Crippen molar-refractivity contribution in [1.82, 2.24) is 34.3 Å². The molecule has 0 aliphatic heterocycles. The van der Waals surface area contributed by atoms with Crippen molar-refractivity contribution >= 4 is 23.1 Å². The van der Waals surface area contributed by atoms with Gasteiger partial charge in [-0.15, -0.1) is 0 Å². The highest BCUT2D eigenvalue weighted by molar-refractivity contribution is 6.09. The maximum atomic E-state index is 13.3. The highest BCUT2D eigenvalue weighted by Gasteiger charge is 2.22. The van der Waals surface area contributed by atoms with E-state index >= 15 is 0 Å². The number of rotatable bonds is 8. The van der Waals surface area contributed by atoms with Gasteiger partial charge in [-0.25, -0.2) is 9.50 Å². The lowest BCUT2D eigenvalue weighted by Crippen LogP contribution is -2.21. The molecule has 1 N–H and O–H groups in total. The monoisotopic (exact) mass is 548 g/mol. The Morgan fingerprint density at radius 1 is 1.10 bits per heavy atom. The molecular weight excluding hydrogens is 526 g/mol. The fourth-order valence-corrected chi connectivity index (χ4v) is 3.90. The van der Waals surface area contributed by atoms with Gasteiger partial charge in [0.25, 0.3) is 11.8 Å². The van der Waals surface area contributed by atoms with Gasteiger partial charge >= 0.3 is 6.61 Å². The molecule has 0 saturated heterocycles. The van der Waals surface area contributed by atoms with Crippen LogP contribution in [0.15, 0.2) is 67.5 Å². The molecule has 0 aliphatic carbocycles. The minimum atomic E-state index is -3.12. The minimum absolute atomic E-state index is 0.125. The van der Waals surface area contributed by atoms with E-state index < -0.39 is 12.5 Å². The third kappa shape index (κ3) is 5.41. The van der Waals surface area contributed by atoms with Crippen molar-refractivity contribution in [3.8, 4) is 28.5 Å². The van der Waals surface area contributed by atoms with Gasteiger partial charge in [0.05, 0.1) is 29.2 Å². The van der Waals surface area contributed by atoms with Gasteiger partial charge in [0.1, 0.15) is 28.5 Å². The Morgan fingerprint density at radius 2 is 1.93 bits per heavy atom. The lowest BCUT2D eigenvalue weighted by molar-refractivity contribution is -0.0494. The zero-order valence-corrected chi connectivity index (χ0v) is 21.4. The Bertz CT molecular complexity index is 1720. The molecule has 1 aromatic carbocycles. The van der Waals surface area contributed by atoms with E-state index in [9.17, 15) is 18.4 Å². The van der Waals surface area contributed by atoms with E-state index in [-0.39, 0.29) is 45.7 Å². The Labute approximate surface area is 225 Å². The molecule has 40 heavy (non-hydrogen) atoms. The van der Waals surface area contributed by atoms with Crippen LogP contribution in [0, 0.1) is 0 Å². The van der Waals surface area contributed by atoms with Gasteiger partial charge in [0.2, 0.25) is 0 Å². The average Bonchev–Trinajstić information content (AvgIpc) is 3.52. The molecule has 4 aromatic heterocycles. The number of aromatic nitrogens is 6. The number of benzene rings is 1. The second kappa shape index (κ2) is 10.8. The summed E-state index contributed by atoms with van der Waals surface area (Å²) in [5, 5.41) is 11.2. The van der Waals surface area contributed by atoms with Crippen LogP contribution in [0.1, 0.15) is 20.7 Å². The number of aryl methyl sites for hydroxylation is 1. The van der Waals surface area contributed by atoms with Crippen molar-refractivity contribution in [2.75, 3.05) is 19.4 Å². The van der Waals surface area contributed by atoms with E-state index in [1.165, 1.54) is 69.3 Å². The van der Waals surface area contributed by atoms with Gasteiger partial charge in [-0.1, -0.05) is 0 Å². The molecule has 12 nitrogen and oxygen atoms in total. The summed E-state index contributed by atoms with van der Waals surface area (Å²) in [7, 11) is 4.83. The maximum absolute atomic E-state index is 13.3. The highest BCUT2D eigenvalue weighted by Crippen LogP contribution is 2.38. The fourth-order valence-electron chi connectivity index (χ4n) is 3.90. The number of amides is 2. The molecule has 2 amide bonds. The summed E-state index contributed by atoms with van der Waals surface area (Å²) < 4.78 is 40.1. The number of carbonyl (C=O) groups excluding carboxylic acids is 2. The number of fused-ring (bicyclic) bond motifs is 1. The maximum Gasteiger partial charge on any atom is 0.387 e. The SMILES string of the molecule is CN(C)C(=O)c1cncc(Oc2ccc(OC(F)F)c(-c3nn(C)cc3NC(=O)c3cnn4cccnc34)c2)c1. The van der Waals surface area contributed by atoms with Gasteiger partial charge in [-0.2, -0.15) is 19.0 Å². The lowest BCUT2D eigenvalue weighted by Gasteiger charge is -2.14. The summed E-state index contributed by atoms with van der Waals surface area (Å²) in [6, 6.07) is 7.34. The largest absolute Gasteiger partial charge is 0.456 e. The molecule has 204 valence electrons. The zero-order chi connectivity index (χ0) is 28.4. The lowest BCUT2D eigenvalue weighted by atomic mass is 10.1. The van der Waals surface area contributed by atoms with Crippen molar-refractivity contribution in [2.24, 2.45) is 7.05 Å². The van der Waals surface area contributed by atoms with Crippen LogP contribution >= 0.6 is 0 Å². The van der Waals surface area contributed by atoms with Crippen molar-refractivity contribution in [3.63, 3.8) is 0 Å². The molecule has 0 bridgehead atoms. The van der Waals surface area contributed by atoms with Crippen molar-refractivity contribution in [1.29, 1.82) is 0 Å². The van der Waals surface area contributed by atoms with Crippen LogP contribution in [0.2, 0.25) is 0 Å². The molecular formula is C26H22F2N8O4. The first-order valence-electron chi connectivity index (χ1n) is 11.8. The topological polar surface area (TPSA) is 129 Å². The Hall–Kier alpha value is -5.40. The van der Waals surface area contributed by atoms with E-state index in [2.05, 4.69) is 25.5 Å². The number of carbonyl (C=O) groups is 2. The normalized spacial score (nSPS) is 11.1. The number of hydrogen-bond acceptors (Lipinski definition) is 8. The van der Waals surface area contributed by atoms with Crippen LogP contribution in [0.3, 0.4) is 0 Å². The molecule has 0 fully saturated rings. The zero-order valence-electron chi connectivity index (χ0n) is 21.4. The second-order valence-corrected chi connectivity index (χ2v) is 8.71. The van der Waals surface area contributed by atoms with E-state index in [1.807, 2.05) is 0 Å². The Kier molecular flexibility index (Phi) is 7.05. The van der Waals surface area contributed by atoms with Gasteiger partial charge in [0, 0.05) is 45.9 Å². The number of nitrogens with zero attached hydrogens (tertiary/aromatic N) is 7. The van der Waals surface area contributed by atoms with E-state index in [0.29, 0.717) is 11.2 Å². The molecule has 0 spiro atoms. The number of nitrogens with one attached hydrogen (secondary N) is 1. The highest BCUT2D eigenvalue weighted by atomic mass is 19.3. The summed E-state index contributed by atoms with van der Waals surface area (Å²) in [5.41, 5.74) is 1.34. The molecule has 0 aliphatic rings. The summed E-state index contributed by atoms with van der Waals surface area (Å²) >= 11 is 0. The number of halogens is 2. The van der Waals surface area contributed by atoms with Crippen molar-refractivity contribution in [3.05, 3.63) is 78.6 Å². The van der Waals surface area contributed by atoms with Gasteiger partial charge < -0.3 is 19.7 Å². The summed E-state index contributed by atoms with van der Waals surface area (Å²) in [6.45, 7) is -3.12. The van der Waals surface area contributed by atoms with Crippen LogP contribution < -0.4 is 14.8 Å². The molecule has 0 saturated carbocycles. The number of anilines is 1. The van der Waals surface area contributed by atoms with E-state index in [0.717, 1.165) is 0 Å². The van der Waals surface area contributed by atoms with Crippen molar-refractivity contribution < 1.29 is 27.8 Å². The number of ether oxygens (including phenoxy) is 2. The Balaban J connectivity index is 1.50. The summed E-state index contributed by atoms with van der Waals surface area (Å²) in [4.78, 5) is 35.1. The minimum Gasteiger partial charge on any atom is -0.456 e. The smallest absolute Gasteiger partial charge is 0.387 e. The first-order chi connectivity index (χ1) is 19.2. The summed E-state index contributed by atoms with van der Waals surface area (Å²) in [5.74, 6) is -0.516. The van der Waals surface area contributed by atoms with Crippen LogP contribution in [-0.4, -0.2) is 66.8 Å². The molecule has 0 radical (unpaired) electrons. The molecule has 4 heterocycles. The van der Waals surface area contributed by atoms with Gasteiger partial charge in [-0.05, 0) is 30.3 Å². The number of pyridine rings is 1. The third-order valence-corrected chi connectivity index (χ3v) is 5.63. The predicted octanol–water partition coefficient (Wildman–Crippen LogP) is 3.87. The van der Waals surface area contributed by atoms with Gasteiger partial charge in [-0.3, -0.25) is 19.3 Å². The van der Waals surface area contributed by atoms with Gasteiger partial charge in [0.15, 0.2) is 5.65 Å². The Morgan fingerprint density at radius 3 is 2.70 bits per heavy atom. The first-order valence-corrected chi connectivity index (χ1v) is 11.8. The fraction of sp³-hybridized carbons (Fsp3) is 0.154. The number of hydrogen-bond donors (Lipinski definition) is 1. The van der Waals surface area contributed by atoms with Crippen molar-refractivity contribution in [2.45, 2.75) is 6.61 Å². The molecule has 0 atom stereocenters. The molecule has 5 rings (SSSR count). The average molecular weight is 549 g/mol. The van der Waals surface area contributed by atoms with E-state index in [1.54, 1.807) is 33.4 Å². The predicted molar refractivity (Wildman–Crippen MR) is 139 cm³/mol. The number of alkyl halides is 2. The quantitative estimate of drug-likeness (QED) is 0.310. The van der Waals surface area contributed by atoms with Crippen LogP contribution in [-0.2, 0) is 7.05 Å². The molecule has 14 heteroatoms. The molecule has 0 unspecified atom stereocenters. The van der Waals surface area contributed by atoms with E-state index in [4.69, 9.17) is 9.47 Å². The third-order valence-electron chi connectivity index (χ3n) is 5.63.